The molecule has 17 heavy (non-hydrogen) atoms. The number of carbonyl (C=O) groups is 1. The van der Waals surface area contributed by atoms with Gasteiger partial charge in [-0.15, -0.1) is 11.3 Å². The number of methoxy groups -OCH3 is 1. The molecule has 0 saturated heterocycles. The summed E-state index contributed by atoms with van der Waals surface area (Å²) in [5.74, 6) is 0.598. The van der Waals surface area contributed by atoms with Gasteiger partial charge in [0.15, 0.2) is 0 Å². The third kappa shape index (κ3) is 2.96. The van der Waals surface area contributed by atoms with Gasteiger partial charge in [0, 0.05) is 12.0 Å². The van der Waals surface area contributed by atoms with Gasteiger partial charge in [0.25, 0.3) is 0 Å². The summed E-state index contributed by atoms with van der Waals surface area (Å²) in [6.07, 6.45) is 5.82. The lowest BCUT2D eigenvalue weighted by Gasteiger charge is -2.27. The normalized spacial score (nSPS) is 19.2. The Kier molecular flexibility index (Phi) is 4.35. The lowest BCUT2D eigenvalue weighted by atomic mass is 9.83. The monoisotopic (exact) mass is 252 g/mol. The molecule has 1 aromatic rings. The van der Waals surface area contributed by atoms with Gasteiger partial charge in [-0.3, -0.25) is 4.79 Å². The van der Waals surface area contributed by atoms with Gasteiger partial charge in [0.05, 0.1) is 4.88 Å². The second kappa shape index (κ2) is 5.78. The molecule has 0 N–H and O–H groups in total. The van der Waals surface area contributed by atoms with Crippen LogP contribution in [0, 0.1) is 12.8 Å². The summed E-state index contributed by atoms with van der Waals surface area (Å²) in [4.78, 5) is 14.4. The van der Waals surface area contributed by atoms with Gasteiger partial charge in [-0.05, 0) is 37.8 Å². The van der Waals surface area contributed by atoms with Crippen molar-refractivity contribution in [3.63, 3.8) is 0 Å². The van der Waals surface area contributed by atoms with E-state index in [2.05, 4.69) is 0 Å². The van der Waals surface area contributed by atoms with Crippen LogP contribution in [0.2, 0.25) is 0 Å². The fraction of sp³-hybridized carbons (Fsp3) is 0.643. The Morgan fingerprint density at radius 3 is 2.59 bits per heavy atom. The number of aryl methyl sites for hydroxylation is 1. The Bertz CT molecular complexity index is 377. The van der Waals surface area contributed by atoms with E-state index in [9.17, 15) is 4.79 Å². The number of Topliss-reactive ketones (excluding diaryl/α,β-unsaturated/α-hetero) is 1. The van der Waals surface area contributed by atoms with E-state index in [-0.39, 0.29) is 11.9 Å². The van der Waals surface area contributed by atoms with E-state index >= 15 is 0 Å². The van der Waals surface area contributed by atoms with Crippen LogP contribution in [0.3, 0.4) is 0 Å². The Morgan fingerprint density at radius 1 is 1.35 bits per heavy atom. The first-order valence-corrected chi connectivity index (χ1v) is 7.17. The third-order valence-corrected chi connectivity index (χ3v) is 4.59. The largest absolute Gasteiger partial charge is 0.373 e. The quantitative estimate of drug-likeness (QED) is 0.761. The Balaban J connectivity index is 2.09. The van der Waals surface area contributed by atoms with Crippen molar-refractivity contribution in [2.75, 3.05) is 7.11 Å². The first kappa shape index (κ1) is 12.8. The predicted octanol–water partition coefficient (Wildman–Crippen LogP) is 3.83. The average Bonchev–Trinajstić information content (AvgIpc) is 2.78. The van der Waals surface area contributed by atoms with Gasteiger partial charge in [-0.2, -0.15) is 0 Å². The Morgan fingerprint density at radius 2 is 2.06 bits per heavy atom. The summed E-state index contributed by atoms with van der Waals surface area (Å²) in [5, 5.41) is 0. The number of ether oxygens (including phenoxy) is 1. The highest BCUT2D eigenvalue weighted by molar-refractivity contribution is 7.14. The highest BCUT2D eigenvalue weighted by atomic mass is 32.1. The third-order valence-electron chi connectivity index (χ3n) is 3.57. The molecule has 1 fully saturated rings. The van der Waals surface area contributed by atoms with Gasteiger partial charge in [0.2, 0.25) is 5.78 Å². The topological polar surface area (TPSA) is 26.3 Å². The zero-order chi connectivity index (χ0) is 12.3. The molecule has 1 unspecified atom stereocenters. The number of ketones is 1. The molecule has 1 aliphatic rings. The number of hydrogen-bond acceptors (Lipinski definition) is 3. The van der Waals surface area contributed by atoms with Gasteiger partial charge in [0.1, 0.15) is 6.10 Å². The van der Waals surface area contributed by atoms with Crippen molar-refractivity contribution in [2.24, 2.45) is 5.92 Å². The summed E-state index contributed by atoms with van der Waals surface area (Å²) in [6.45, 7) is 2.03. The van der Waals surface area contributed by atoms with E-state index < -0.39 is 0 Å². The molecule has 2 nitrogen and oxygen atoms in total. The van der Waals surface area contributed by atoms with Crippen molar-refractivity contribution in [3.05, 3.63) is 21.9 Å². The van der Waals surface area contributed by atoms with E-state index in [1.807, 2.05) is 19.1 Å². The zero-order valence-electron chi connectivity index (χ0n) is 10.6. The second-order valence-corrected chi connectivity index (χ2v) is 6.12. The van der Waals surface area contributed by atoms with Gasteiger partial charge in [-0.1, -0.05) is 19.3 Å². The molecular weight excluding hydrogens is 232 g/mol. The lowest BCUT2D eigenvalue weighted by molar-refractivity contribution is 0.0318. The van der Waals surface area contributed by atoms with E-state index in [0.29, 0.717) is 5.92 Å². The number of thiophene rings is 1. The maximum absolute atomic E-state index is 12.4. The van der Waals surface area contributed by atoms with Crippen LogP contribution in [0.15, 0.2) is 12.1 Å². The summed E-state index contributed by atoms with van der Waals surface area (Å²) in [5.41, 5.74) is 0. The van der Waals surface area contributed by atoms with Crippen LogP contribution in [0.4, 0.5) is 0 Å². The van der Waals surface area contributed by atoms with Crippen LogP contribution in [0.5, 0.6) is 0 Å². The molecule has 2 rings (SSSR count). The smallest absolute Gasteiger partial charge is 0.201 e. The molecule has 3 heteroatoms. The fourth-order valence-electron chi connectivity index (χ4n) is 2.66. The molecule has 1 aliphatic carbocycles. The van der Waals surface area contributed by atoms with Gasteiger partial charge in [-0.25, -0.2) is 0 Å². The van der Waals surface area contributed by atoms with Crippen molar-refractivity contribution in [3.8, 4) is 0 Å². The van der Waals surface area contributed by atoms with E-state index in [1.165, 1.54) is 24.1 Å². The molecule has 0 aliphatic heterocycles. The maximum atomic E-state index is 12.4. The minimum Gasteiger partial charge on any atom is -0.373 e. The van der Waals surface area contributed by atoms with Crippen molar-refractivity contribution in [1.29, 1.82) is 0 Å². The summed E-state index contributed by atoms with van der Waals surface area (Å²) in [6, 6.07) is 3.93. The molecule has 0 spiro atoms. The standard InChI is InChI=1S/C14H20O2S/c1-10-8-9-12(17-10)13(15)14(16-2)11-6-4-3-5-7-11/h8-9,11,14H,3-7H2,1-2H3. The Hall–Kier alpha value is -0.670. The minimum absolute atomic E-state index is 0.178. The van der Waals surface area contributed by atoms with Crippen molar-refractivity contribution in [2.45, 2.75) is 45.1 Å². The molecule has 94 valence electrons. The van der Waals surface area contributed by atoms with Crippen LogP contribution in [-0.2, 0) is 4.74 Å². The average molecular weight is 252 g/mol. The molecule has 0 aromatic carbocycles. The molecule has 0 bridgehead atoms. The number of hydrogen-bond donors (Lipinski definition) is 0. The van der Waals surface area contributed by atoms with Crippen LogP contribution >= 0.6 is 11.3 Å². The Labute approximate surface area is 107 Å². The summed E-state index contributed by atoms with van der Waals surface area (Å²) < 4.78 is 5.47. The SMILES string of the molecule is COC(C(=O)c1ccc(C)s1)C1CCCCC1. The van der Waals surface area contributed by atoms with E-state index in [1.54, 1.807) is 18.4 Å². The van der Waals surface area contributed by atoms with E-state index in [0.717, 1.165) is 17.7 Å². The molecule has 1 heterocycles. The molecule has 1 atom stereocenters. The van der Waals surface area contributed by atoms with Gasteiger partial charge < -0.3 is 4.74 Å². The number of rotatable bonds is 4. The number of carbonyl (C=O) groups excluding carboxylic acids is 1. The zero-order valence-corrected chi connectivity index (χ0v) is 11.4. The highest BCUT2D eigenvalue weighted by Crippen LogP contribution is 2.30. The maximum Gasteiger partial charge on any atom is 0.201 e. The highest BCUT2D eigenvalue weighted by Gasteiger charge is 2.30. The minimum atomic E-state index is -0.228. The second-order valence-electron chi connectivity index (χ2n) is 4.83. The van der Waals surface area contributed by atoms with E-state index in [4.69, 9.17) is 4.74 Å². The fourth-order valence-corrected chi connectivity index (χ4v) is 3.49. The summed E-state index contributed by atoms with van der Waals surface area (Å²) in [7, 11) is 1.66. The van der Waals surface area contributed by atoms with Gasteiger partial charge >= 0.3 is 0 Å². The molecule has 0 radical (unpaired) electrons. The van der Waals surface area contributed by atoms with Crippen LogP contribution in [0.1, 0.15) is 46.7 Å². The summed E-state index contributed by atoms with van der Waals surface area (Å²) >= 11 is 1.57. The molecule has 0 amide bonds. The first-order chi connectivity index (χ1) is 8.22. The first-order valence-electron chi connectivity index (χ1n) is 6.36. The lowest BCUT2D eigenvalue weighted by Crippen LogP contribution is -2.32. The molecular formula is C14H20O2S. The molecule has 1 saturated carbocycles. The van der Waals surface area contributed by atoms with Crippen LogP contribution < -0.4 is 0 Å². The predicted molar refractivity (Wildman–Crippen MR) is 70.8 cm³/mol. The van der Waals surface area contributed by atoms with Crippen LogP contribution in [-0.4, -0.2) is 19.0 Å². The van der Waals surface area contributed by atoms with Crippen LogP contribution in [0.25, 0.3) is 0 Å². The van der Waals surface area contributed by atoms with Crippen molar-refractivity contribution >= 4 is 17.1 Å². The van der Waals surface area contributed by atoms with Crippen molar-refractivity contribution < 1.29 is 9.53 Å². The van der Waals surface area contributed by atoms with Crippen molar-refractivity contribution in [1.82, 2.24) is 0 Å². The molecule has 1 aromatic heterocycles.